The van der Waals surface area contributed by atoms with E-state index >= 15 is 0 Å². The van der Waals surface area contributed by atoms with Crippen molar-refractivity contribution in [2.75, 3.05) is 19.0 Å². The van der Waals surface area contributed by atoms with E-state index in [0.29, 0.717) is 16.4 Å². The van der Waals surface area contributed by atoms with Crippen LogP contribution in [0.3, 0.4) is 0 Å². The van der Waals surface area contributed by atoms with Gasteiger partial charge in [-0.15, -0.1) is 0 Å². The number of nitrogens with zero attached hydrogens (tertiary/aromatic N) is 1. The first-order valence-electron chi connectivity index (χ1n) is 7.42. The van der Waals surface area contributed by atoms with E-state index in [4.69, 9.17) is 11.6 Å². The smallest absolute Gasteiger partial charge is 0.325 e. The molecule has 0 atom stereocenters. The second-order valence-corrected chi connectivity index (χ2v) is 5.62. The molecule has 0 radical (unpaired) electrons. The van der Waals surface area contributed by atoms with Gasteiger partial charge in [0.2, 0.25) is 0 Å². The number of methoxy groups -OCH3 is 1. The summed E-state index contributed by atoms with van der Waals surface area (Å²) in [5.41, 5.74) is 2.95. The van der Waals surface area contributed by atoms with Gasteiger partial charge in [-0.3, -0.25) is 9.78 Å². The highest BCUT2D eigenvalue weighted by atomic mass is 35.5. The number of amides is 2. The maximum absolute atomic E-state index is 12.2. The minimum Gasteiger partial charge on any atom is -0.468 e. The Morgan fingerprint density at radius 1 is 1.24 bits per heavy atom. The first kappa shape index (κ1) is 16.8. The van der Waals surface area contributed by atoms with Crippen LogP contribution in [0.25, 0.3) is 22.2 Å². The maximum Gasteiger partial charge on any atom is 0.325 e. The second kappa shape index (κ2) is 7.23. The molecule has 0 aliphatic rings. The number of urea groups is 1. The highest BCUT2D eigenvalue weighted by molar-refractivity contribution is 6.31. The molecule has 25 heavy (non-hydrogen) atoms. The first-order chi connectivity index (χ1) is 12.1. The van der Waals surface area contributed by atoms with Gasteiger partial charge in [0.15, 0.2) is 0 Å². The Bertz CT molecular complexity index is 924. The van der Waals surface area contributed by atoms with Crippen LogP contribution in [0.5, 0.6) is 0 Å². The third-order valence-electron chi connectivity index (χ3n) is 3.59. The van der Waals surface area contributed by atoms with Crippen LogP contribution in [-0.4, -0.2) is 35.6 Å². The van der Waals surface area contributed by atoms with Gasteiger partial charge in [-0.05, 0) is 30.3 Å². The Hall–Kier alpha value is -3.06. The summed E-state index contributed by atoms with van der Waals surface area (Å²) in [6.45, 7) is -0.226. The summed E-state index contributed by atoms with van der Waals surface area (Å²) in [4.78, 5) is 30.6. The lowest BCUT2D eigenvalue weighted by Crippen LogP contribution is -2.33. The quantitative estimate of drug-likeness (QED) is 0.624. The van der Waals surface area contributed by atoms with Crippen molar-refractivity contribution in [3.63, 3.8) is 0 Å². The summed E-state index contributed by atoms with van der Waals surface area (Å²) >= 11 is 6.09. The lowest BCUT2D eigenvalue weighted by Gasteiger charge is -2.09. The lowest BCUT2D eigenvalue weighted by molar-refractivity contribution is -0.139. The molecule has 0 aliphatic heterocycles. The summed E-state index contributed by atoms with van der Waals surface area (Å²) in [7, 11) is 1.26. The van der Waals surface area contributed by atoms with Crippen molar-refractivity contribution in [3.05, 3.63) is 47.7 Å². The standard InChI is InChI=1S/C17H15ClN4O3/c1-25-14(23)9-20-17(24)22-16-12-8-11(18)2-3-13(12)21-15(16)10-4-6-19-7-5-10/h2-8,21H,9H2,1H3,(H2,20,22,24). The van der Waals surface area contributed by atoms with E-state index in [2.05, 4.69) is 25.3 Å². The number of rotatable bonds is 4. The molecular weight excluding hydrogens is 344 g/mol. The molecule has 0 aliphatic carbocycles. The molecule has 0 saturated carbocycles. The molecule has 1 aromatic carbocycles. The number of pyridine rings is 1. The van der Waals surface area contributed by atoms with Crippen molar-refractivity contribution in [3.8, 4) is 11.3 Å². The number of benzene rings is 1. The number of anilines is 1. The SMILES string of the molecule is COC(=O)CNC(=O)Nc1c(-c2ccncc2)[nH]c2ccc(Cl)cc12. The van der Waals surface area contributed by atoms with E-state index in [0.717, 1.165) is 16.5 Å². The molecule has 3 aromatic rings. The maximum atomic E-state index is 12.2. The summed E-state index contributed by atoms with van der Waals surface area (Å²) < 4.78 is 4.50. The molecule has 0 saturated heterocycles. The van der Waals surface area contributed by atoms with E-state index in [9.17, 15) is 9.59 Å². The molecule has 8 heteroatoms. The molecule has 2 aromatic heterocycles. The summed E-state index contributed by atoms with van der Waals surface area (Å²) in [5.74, 6) is -0.536. The van der Waals surface area contributed by atoms with E-state index in [1.807, 2.05) is 18.2 Å². The zero-order valence-corrected chi connectivity index (χ0v) is 14.1. The van der Waals surface area contributed by atoms with E-state index < -0.39 is 12.0 Å². The Kier molecular flexibility index (Phi) is 4.85. The highest BCUT2D eigenvalue weighted by Gasteiger charge is 2.16. The number of fused-ring (bicyclic) bond motifs is 1. The third-order valence-corrected chi connectivity index (χ3v) is 3.82. The molecule has 0 spiro atoms. The average molecular weight is 359 g/mol. The molecule has 2 heterocycles. The Morgan fingerprint density at radius 3 is 2.72 bits per heavy atom. The number of aromatic nitrogens is 2. The first-order valence-corrected chi connectivity index (χ1v) is 7.79. The highest BCUT2D eigenvalue weighted by Crippen LogP contribution is 2.36. The largest absolute Gasteiger partial charge is 0.468 e. The van der Waals surface area contributed by atoms with Crippen LogP contribution in [-0.2, 0) is 9.53 Å². The number of ether oxygens (including phenoxy) is 1. The second-order valence-electron chi connectivity index (χ2n) is 5.18. The number of hydrogen-bond donors (Lipinski definition) is 3. The average Bonchev–Trinajstić information content (AvgIpc) is 2.98. The molecule has 0 bridgehead atoms. The zero-order valence-electron chi connectivity index (χ0n) is 13.3. The number of halogens is 1. The minimum atomic E-state index is -0.536. The predicted molar refractivity (Wildman–Crippen MR) is 95.6 cm³/mol. The molecule has 3 N–H and O–H groups in total. The van der Waals surface area contributed by atoms with Crippen molar-refractivity contribution < 1.29 is 14.3 Å². The van der Waals surface area contributed by atoms with Crippen molar-refractivity contribution in [2.24, 2.45) is 0 Å². The fourth-order valence-electron chi connectivity index (χ4n) is 2.41. The fraction of sp³-hybridized carbons (Fsp3) is 0.118. The summed E-state index contributed by atoms with van der Waals surface area (Å²) in [6, 6.07) is 8.47. The van der Waals surface area contributed by atoms with Crippen molar-refractivity contribution in [1.82, 2.24) is 15.3 Å². The van der Waals surface area contributed by atoms with Gasteiger partial charge >= 0.3 is 12.0 Å². The molecule has 128 valence electrons. The van der Waals surface area contributed by atoms with Crippen molar-refractivity contribution in [1.29, 1.82) is 0 Å². The Morgan fingerprint density at radius 2 is 2.00 bits per heavy atom. The van der Waals surface area contributed by atoms with E-state index in [-0.39, 0.29) is 6.54 Å². The van der Waals surface area contributed by atoms with Gasteiger partial charge in [0.05, 0.1) is 18.5 Å². The molecule has 2 amide bonds. The number of aromatic amines is 1. The Balaban J connectivity index is 1.98. The van der Waals surface area contributed by atoms with E-state index in [1.165, 1.54) is 7.11 Å². The van der Waals surface area contributed by atoms with Gasteiger partial charge in [-0.1, -0.05) is 11.6 Å². The van der Waals surface area contributed by atoms with Crippen LogP contribution < -0.4 is 10.6 Å². The van der Waals surface area contributed by atoms with Crippen LogP contribution in [0, 0.1) is 0 Å². The van der Waals surface area contributed by atoms with Gasteiger partial charge < -0.3 is 20.4 Å². The fourth-order valence-corrected chi connectivity index (χ4v) is 2.58. The Labute approximate surface area is 148 Å². The van der Waals surface area contributed by atoms with Crippen molar-refractivity contribution in [2.45, 2.75) is 0 Å². The van der Waals surface area contributed by atoms with Gasteiger partial charge in [0.25, 0.3) is 0 Å². The summed E-state index contributed by atoms with van der Waals surface area (Å²) in [6.07, 6.45) is 3.32. The molecule has 3 rings (SSSR count). The number of H-pyrrole nitrogens is 1. The van der Waals surface area contributed by atoms with Gasteiger partial charge in [0, 0.05) is 33.9 Å². The minimum absolute atomic E-state index is 0.226. The number of nitrogens with one attached hydrogen (secondary N) is 3. The number of esters is 1. The van der Waals surface area contributed by atoms with Crippen LogP contribution in [0.4, 0.5) is 10.5 Å². The molecular formula is C17H15ClN4O3. The van der Waals surface area contributed by atoms with Gasteiger partial charge in [0.1, 0.15) is 6.54 Å². The number of carbonyl (C=O) groups is 2. The predicted octanol–water partition coefficient (Wildman–Crippen LogP) is 3.18. The number of carbonyl (C=O) groups excluding carboxylic acids is 2. The van der Waals surface area contributed by atoms with Gasteiger partial charge in [-0.25, -0.2) is 4.79 Å². The molecule has 7 nitrogen and oxygen atoms in total. The van der Waals surface area contributed by atoms with Crippen LogP contribution in [0.1, 0.15) is 0 Å². The van der Waals surface area contributed by atoms with Crippen LogP contribution >= 0.6 is 11.6 Å². The number of hydrogen-bond acceptors (Lipinski definition) is 4. The van der Waals surface area contributed by atoms with Crippen LogP contribution in [0.2, 0.25) is 5.02 Å². The normalized spacial score (nSPS) is 10.5. The van der Waals surface area contributed by atoms with E-state index in [1.54, 1.807) is 24.5 Å². The zero-order chi connectivity index (χ0) is 17.8. The monoisotopic (exact) mass is 358 g/mol. The summed E-state index contributed by atoms with van der Waals surface area (Å²) in [5, 5.41) is 6.52. The molecule has 0 unspecified atom stereocenters. The molecule has 0 fully saturated rings. The van der Waals surface area contributed by atoms with Crippen molar-refractivity contribution >= 4 is 40.2 Å². The van der Waals surface area contributed by atoms with Crippen LogP contribution in [0.15, 0.2) is 42.7 Å². The third kappa shape index (κ3) is 3.72. The lowest BCUT2D eigenvalue weighted by atomic mass is 10.1. The topological polar surface area (TPSA) is 96.1 Å². The van der Waals surface area contributed by atoms with Gasteiger partial charge in [-0.2, -0.15) is 0 Å².